The Balaban J connectivity index is 2.05. The summed E-state index contributed by atoms with van der Waals surface area (Å²) in [7, 11) is 0. The molecule has 1 aliphatic carbocycles. The number of rotatable bonds is 2. The quantitative estimate of drug-likeness (QED) is 0.683. The summed E-state index contributed by atoms with van der Waals surface area (Å²) in [6.07, 6.45) is 6.46. The van der Waals surface area contributed by atoms with Gasteiger partial charge in [0.25, 0.3) is 5.78 Å². The van der Waals surface area contributed by atoms with Gasteiger partial charge in [-0.15, -0.1) is 0 Å². The average molecular weight is 346 g/mol. The topological polar surface area (TPSA) is 43.1 Å². The summed E-state index contributed by atoms with van der Waals surface area (Å²) in [6, 6.07) is 1.40. The van der Waals surface area contributed by atoms with Crippen molar-refractivity contribution in [1.82, 2.24) is 19.6 Å². The molecule has 0 spiro atoms. The zero-order valence-electron chi connectivity index (χ0n) is 13.8. The summed E-state index contributed by atoms with van der Waals surface area (Å²) < 4.78 is 43.9. The molecule has 25 heavy (non-hydrogen) atoms. The molecule has 7 heteroatoms. The maximum Gasteiger partial charge on any atom is 0.252 e. The van der Waals surface area contributed by atoms with E-state index in [1.54, 1.807) is 11.4 Å². The van der Waals surface area contributed by atoms with Crippen molar-refractivity contribution in [3.63, 3.8) is 0 Å². The minimum absolute atomic E-state index is 0.110. The molecule has 0 aliphatic heterocycles. The van der Waals surface area contributed by atoms with Gasteiger partial charge in [0.2, 0.25) is 0 Å². The van der Waals surface area contributed by atoms with Crippen molar-refractivity contribution < 1.29 is 13.2 Å². The van der Waals surface area contributed by atoms with E-state index in [9.17, 15) is 13.2 Å². The highest BCUT2D eigenvalue weighted by Crippen LogP contribution is 2.40. The Morgan fingerprint density at radius 1 is 1.00 bits per heavy atom. The number of hydrogen-bond donors (Lipinski definition) is 0. The third kappa shape index (κ3) is 2.67. The van der Waals surface area contributed by atoms with Crippen LogP contribution in [-0.4, -0.2) is 19.6 Å². The van der Waals surface area contributed by atoms with Crippen molar-refractivity contribution in [1.29, 1.82) is 0 Å². The van der Waals surface area contributed by atoms with Crippen molar-refractivity contribution in [3.05, 3.63) is 47.3 Å². The second kappa shape index (κ2) is 6.13. The van der Waals surface area contributed by atoms with Crippen LogP contribution in [0.4, 0.5) is 13.2 Å². The molecule has 4 nitrogen and oxygen atoms in total. The lowest BCUT2D eigenvalue weighted by molar-refractivity contribution is 0.430. The van der Waals surface area contributed by atoms with Crippen molar-refractivity contribution in [3.8, 4) is 11.1 Å². The summed E-state index contributed by atoms with van der Waals surface area (Å²) in [6.45, 7) is 1.69. The maximum absolute atomic E-state index is 14.5. The van der Waals surface area contributed by atoms with E-state index in [0.29, 0.717) is 34.9 Å². The summed E-state index contributed by atoms with van der Waals surface area (Å²) >= 11 is 0. The van der Waals surface area contributed by atoms with Gasteiger partial charge in [-0.2, -0.15) is 10.1 Å². The zero-order chi connectivity index (χ0) is 17.6. The molecule has 0 atom stereocenters. The van der Waals surface area contributed by atoms with Crippen LogP contribution in [0.3, 0.4) is 0 Å². The van der Waals surface area contributed by atoms with Gasteiger partial charge in [-0.1, -0.05) is 19.3 Å². The second-order valence-corrected chi connectivity index (χ2v) is 6.51. The van der Waals surface area contributed by atoms with E-state index in [0.717, 1.165) is 32.1 Å². The van der Waals surface area contributed by atoms with Crippen LogP contribution in [0.15, 0.2) is 18.5 Å². The molecule has 130 valence electrons. The summed E-state index contributed by atoms with van der Waals surface area (Å²) in [5.41, 5.74) is 1.29. The van der Waals surface area contributed by atoms with Gasteiger partial charge in [-0.3, -0.25) is 0 Å². The molecule has 2 heterocycles. The molecule has 0 saturated heterocycles. The molecule has 1 aromatic carbocycles. The number of halogens is 3. The average Bonchev–Trinajstić information content (AvgIpc) is 3.02. The van der Waals surface area contributed by atoms with Crippen LogP contribution in [0.2, 0.25) is 0 Å². The monoisotopic (exact) mass is 346 g/mol. The number of aromatic nitrogens is 4. The Bertz CT molecular complexity index is 922. The Hall–Kier alpha value is -2.44. The molecule has 1 fully saturated rings. The lowest BCUT2D eigenvalue weighted by atomic mass is 9.83. The molecule has 0 radical (unpaired) electrons. The summed E-state index contributed by atoms with van der Waals surface area (Å²) in [5.74, 6) is -2.29. The minimum atomic E-state index is -0.939. The van der Waals surface area contributed by atoms with Crippen molar-refractivity contribution in [2.45, 2.75) is 44.9 Å². The van der Waals surface area contributed by atoms with Crippen LogP contribution in [0.1, 0.15) is 49.4 Å². The highest BCUT2D eigenvalue weighted by atomic mass is 19.1. The first-order valence-electron chi connectivity index (χ1n) is 8.41. The van der Waals surface area contributed by atoms with E-state index in [4.69, 9.17) is 0 Å². The number of aryl methyl sites for hydroxylation is 1. The molecule has 0 bridgehead atoms. The van der Waals surface area contributed by atoms with E-state index in [2.05, 4.69) is 15.1 Å². The fraction of sp³-hybridized carbons (Fsp3) is 0.389. The first-order chi connectivity index (χ1) is 12.1. The lowest BCUT2D eigenvalue weighted by Gasteiger charge is -2.25. The number of hydrogen-bond acceptors (Lipinski definition) is 3. The van der Waals surface area contributed by atoms with E-state index in [1.807, 2.05) is 0 Å². The molecular weight excluding hydrogens is 329 g/mol. The fourth-order valence-electron chi connectivity index (χ4n) is 3.82. The molecule has 0 N–H and O–H groups in total. The minimum Gasteiger partial charge on any atom is -0.216 e. The summed E-state index contributed by atoms with van der Waals surface area (Å²) in [4.78, 5) is 8.46. The van der Waals surface area contributed by atoms with Gasteiger partial charge < -0.3 is 0 Å². The van der Waals surface area contributed by atoms with Crippen molar-refractivity contribution in [2.24, 2.45) is 0 Å². The second-order valence-electron chi connectivity index (χ2n) is 6.51. The molecule has 3 aromatic rings. The largest absolute Gasteiger partial charge is 0.252 e. The van der Waals surface area contributed by atoms with Gasteiger partial charge in [0.1, 0.15) is 23.8 Å². The molecule has 4 rings (SSSR count). The molecule has 1 aliphatic rings. The van der Waals surface area contributed by atoms with Crippen LogP contribution in [-0.2, 0) is 0 Å². The third-order valence-corrected chi connectivity index (χ3v) is 4.89. The molecule has 0 unspecified atom stereocenters. The Labute approximate surface area is 142 Å². The molecule has 0 amide bonds. The normalized spacial score (nSPS) is 15.8. The lowest BCUT2D eigenvalue weighted by Crippen LogP contribution is -2.15. The van der Waals surface area contributed by atoms with E-state index in [-0.39, 0.29) is 11.5 Å². The van der Waals surface area contributed by atoms with Gasteiger partial charge in [-0.05, 0) is 19.8 Å². The number of benzene rings is 1. The van der Waals surface area contributed by atoms with Crippen molar-refractivity contribution in [2.75, 3.05) is 0 Å². The van der Waals surface area contributed by atoms with Gasteiger partial charge in [-0.25, -0.2) is 22.7 Å². The predicted octanol–water partition coefficient (Wildman–Crippen LogP) is 4.56. The van der Waals surface area contributed by atoms with Crippen LogP contribution in [0.5, 0.6) is 0 Å². The number of fused-ring (bicyclic) bond motifs is 1. The smallest absolute Gasteiger partial charge is 0.216 e. The highest BCUT2D eigenvalue weighted by molar-refractivity contribution is 5.71. The highest BCUT2D eigenvalue weighted by Gasteiger charge is 2.28. The maximum atomic E-state index is 14.5. The zero-order valence-corrected chi connectivity index (χ0v) is 13.8. The third-order valence-electron chi connectivity index (χ3n) is 4.89. The first-order valence-corrected chi connectivity index (χ1v) is 8.41. The Morgan fingerprint density at radius 3 is 2.36 bits per heavy atom. The van der Waals surface area contributed by atoms with E-state index in [1.165, 1.54) is 6.33 Å². The molecule has 1 saturated carbocycles. The standard InChI is InChI=1S/C18H17F3N4/c1-10-15(16-13(20)7-12(19)8-14(16)21)17(11-5-3-2-4-6-11)25-18(24-10)22-9-23-25/h7-9,11H,2-6H2,1H3. The van der Waals surface area contributed by atoms with Gasteiger partial charge in [0.05, 0.1) is 17.0 Å². The van der Waals surface area contributed by atoms with E-state index < -0.39 is 17.5 Å². The predicted molar refractivity (Wildman–Crippen MR) is 86.7 cm³/mol. The van der Waals surface area contributed by atoms with Gasteiger partial charge >= 0.3 is 0 Å². The van der Waals surface area contributed by atoms with Crippen LogP contribution in [0, 0.1) is 24.4 Å². The SMILES string of the molecule is Cc1nc2ncnn2c(C2CCCCC2)c1-c1c(F)cc(F)cc1F. The first kappa shape index (κ1) is 16.1. The Morgan fingerprint density at radius 2 is 1.68 bits per heavy atom. The number of nitrogens with zero attached hydrogens (tertiary/aromatic N) is 4. The van der Waals surface area contributed by atoms with Crippen LogP contribution >= 0.6 is 0 Å². The van der Waals surface area contributed by atoms with E-state index >= 15 is 0 Å². The fourth-order valence-corrected chi connectivity index (χ4v) is 3.82. The van der Waals surface area contributed by atoms with Gasteiger partial charge in [0.15, 0.2) is 0 Å². The van der Waals surface area contributed by atoms with Crippen LogP contribution < -0.4 is 0 Å². The molecular formula is C18H17F3N4. The van der Waals surface area contributed by atoms with Gasteiger partial charge in [0, 0.05) is 23.6 Å². The van der Waals surface area contributed by atoms with Crippen LogP contribution in [0.25, 0.3) is 16.9 Å². The summed E-state index contributed by atoms with van der Waals surface area (Å²) in [5, 5.41) is 4.22. The molecule has 2 aromatic heterocycles. The Kier molecular flexibility index (Phi) is 3.94. The van der Waals surface area contributed by atoms with Crippen molar-refractivity contribution >= 4 is 5.78 Å².